The van der Waals surface area contributed by atoms with Gasteiger partial charge in [-0.05, 0) is 20.3 Å². The van der Waals surface area contributed by atoms with Gasteiger partial charge in [-0.15, -0.1) is 0 Å². The highest BCUT2D eigenvalue weighted by molar-refractivity contribution is 9.09. The molecule has 0 heterocycles. The summed E-state index contributed by atoms with van der Waals surface area (Å²) in [6.07, 6.45) is 1.46. The van der Waals surface area contributed by atoms with Crippen molar-refractivity contribution < 1.29 is 4.74 Å². The summed E-state index contributed by atoms with van der Waals surface area (Å²) in [5, 5.41) is 0.192. The number of alkyl halides is 1. The Labute approximate surface area is 59.5 Å². The minimum atomic E-state index is 0.192. The van der Waals surface area contributed by atoms with Gasteiger partial charge in [0.1, 0.15) is 5.01 Å². The second kappa shape index (κ2) is 4.33. The van der Waals surface area contributed by atoms with Gasteiger partial charge in [0.05, 0.1) is 6.10 Å². The van der Waals surface area contributed by atoms with Crippen LogP contribution < -0.4 is 0 Å². The fourth-order valence-corrected chi connectivity index (χ4v) is 0.785. The maximum absolute atomic E-state index is 5.32. The highest BCUT2D eigenvalue weighted by atomic mass is 79.9. The lowest BCUT2D eigenvalue weighted by Crippen LogP contribution is -2.10. The van der Waals surface area contributed by atoms with Gasteiger partial charge in [-0.3, -0.25) is 0 Å². The van der Waals surface area contributed by atoms with Crippen LogP contribution in [0.2, 0.25) is 0 Å². The van der Waals surface area contributed by atoms with E-state index in [1.54, 1.807) is 0 Å². The summed E-state index contributed by atoms with van der Waals surface area (Å²) in [5.41, 5.74) is 0. The molecule has 8 heavy (non-hydrogen) atoms. The Morgan fingerprint density at radius 2 is 2.00 bits per heavy atom. The van der Waals surface area contributed by atoms with Crippen LogP contribution in [-0.4, -0.2) is 11.1 Å². The standard InChI is InChI=1S/C6H13BrO/c1-4-5(2)8-6(3)7/h5-6H,4H2,1-3H3. The quantitative estimate of drug-likeness (QED) is 0.608. The van der Waals surface area contributed by atoms with Crippen molar-refractivity contribution in [1.29, 1.82) is 0 Å². The molecule has 0 aromatic carbocycles. The molecule has 0 spiro atoms. The molecule has 0 aliphatic rings. The summed E-state index contributed by atoms with van der Waals surface area (Å²) in [6.45, 7) is 6.16. The van der Waals surface area contributed by atoms with Gasteiger partial charge in [-0.25, -0.2) is 0 Å². The number of rotatable bonds is 3. The van der Waals surface area contributed by atoms with E-state index >= 15 is 0 Å². The summed E-state index contributed by atoms with van der Waals surface area (Å²) < 4.78 is 5.32. The van der Waals surface area contributed by atoms with E-state index in [1.165, 1.54) is 0 Å². The third kappa shape index (κ3) is 4.60. The summed E-state index contributed by atoms with van der Waals surface area (Å²) in [5.74, 6) is 0. The van der Waals surface area contributed by atoms with Crippen molar-refractivity contribution in [1.82, 2.24) is 0 Å². The van der Waals surface area contributed by atoms with Gasteiger partial charge < -0.3 is 4.74 Å². The molecule has 0 rings (SSSR count). The van der Waals surface area contributed by atoms with Crippen molar-refractivity contribution in [3.63, 3.8) is 0 Å². The molecule has 0 amide bonds. The molecule has 0 aliphatic heterocycles. The number of halogens is 1. The van der Waals surface area contributed by atoms with E-state index in [0.29, 0.717) is 6.10 Å². The topological polar surface area (TPSA) is 9.23 Å². The minimum Gasteiger partial charge on any atom is -0.364 e. The Morgan fingerprint density at radius 3 is 2.12 bits per heavy atom. The van der Waals surface area contributed by atoms with E-state index in [2.05, 4.69) is 29.8 Å². The predicted molar refractivity (Wildman–Crippen MR) is 39.2 cm³/mol. The van der Waals surface area contributed by atoms with Crippen molar-refractivity contribution in [2.75, 3.05) is 0 Å². The van der Waals surface area contributed by atoms with Gasteiger partial charge in [-0.1, -0.05) is 22.9 Å². The van der Waals surface area contributed by atoms with E-state index in [1.807, 2.05) is 6.92 Å². The number of hydrogen-bond acceptors (Lipinski definition) is 1. The molecule has 0 N–H and O–H groups in total. The van der Waals surface area contributed by atoms with Crippen LogP contribution in [0.1, 0.15) is 27.2 Å². The van der Waals surface area contributed by atoms with Crippen LogP contribution in [0.5, 0.6) is 0 Å². The lowest BCUT2D eigenvalue weighted by atomic mass is 10.3. The van der Waals surface area contributed by atoms with Gasteiger partial charge >= 0.3 is 0 Å². The molecule has 0 aromatic heterocycles. The largest absolute Gasteiger partial charge is 0.364 e. The minimum absolute atomic E-state index is 0.192. The van der Waals surface area contributed by atoms with Crippen molar-refractivity contribution in [2.24, 2.45) is 0 Å². The Morgan fingerprint density at radius 1 is 1.50 bits per heavy atom. The molecule has 1 nitrogen and oxygen atoms in total. The summed E-state index contributed by atoms with van der Waals surface area (Å²) in [7, 11) is 0. The molecule has 0 aliphatic carbocycles. The average molecular weight is 181 g/mol. The highest BCUT2D eigenvalue weighted by Gasteiger charge is 2.00. The molecule has 0 bridgehead atoms. The third-order valence-corrected chi connectivity index (χ3v) is 1.21. The SMILES string of the molecule is CCC(C)OC(C)Br. The molecule has 2 unspecified atom stereocenters. The fourth-order valence-electron chi connectivity index (χ4n) is 0.416. The van der Waals surface area contributed by atoms with Crippen molar-refractivity contribution >= 4 is 15.9 Å². The fraction of sp³-hybridized carbons (Fsp3) is 1.00. The van der Waals surface area contributed by atoms with Crippen molar-refractivity contribution in [2.45, 2.75) is 38.3 Å². The van der Waals surface area contributed by atoms with Crippen LogP contribution in [0.25, 0.3) is 0 Å². The lowest BCUT2D eigenvalue weighted by Gasteiger charge is -2.11. The van der Waals surface area contributed by atoms with E-state index in [-0.39, 0.29) is 5.01 Å². The van der Waals surface area contributed by atoms with Crippen LogP contribution in [0.4, 0.5) is 0 Å². The van der Waals surface area contributed by atoms with Crippen LogP contribution in [-0.2, 0) is 4.74 Å². The van der Waals surface area contributed by atoms with Crippen LogP contribution in [0.15, 0.2) is 0 Å². The molecule has 0 fully saturated rings. The first-order chi connectivity index (χ1) is 3.66. The van der Waals surface area contributed by atoms with Crippen LogP contribution in [0, 0.1) is 0 Å². The monoisotopic (exact) mass is 180 g/mol. The Kier molecular flexibility index (Phi) is 4.57. The second-order valence-corrected chi connectivity index (χ2v) is 3.19. The molecule has 0 aromatic rings. The summed E-state index contributed by atoms with van der Waals surface area (Å²) in [4.78, 5) is 0. The molecular formula is C6H13BrO. The van der Waals surface area contributed by atoms with Gasteiger partial charge in [0.25, 0.3) is 0 Å². The average Bonchev–Trinajstić information content (AvgIpc) is 1.65. The molecule has 0 saturated carbocycles. The smallest absolute Gasteiger partial charge is 0.110 e. The summed E-state index contributed by atoms with van der Waals surface area (Å²) >= 11 is 3.29. The molecule has 2 atom stereocenters. The van der Waals surface area contributed by atoms with Crippen molar-refractivity contribution in [3.05, 3.63) is 0 Å². The van der Waals surface area contributed by atoms with E-state index in [4.69, 9.17) is 4.74 Å². The Balaban J connectivity index is 3.10. The molecule has 50 valence electrons. The first kappa shape index (κ1) is 8.44. The normalized spacial score (nSPS) is 18.0. The van der Waals surface area contributed by atoms with Gasteiger partial charge in [-0.2, -0.15) is 0 Å². The van der Waals surface area contributed by atoms with Gasteiger partial charge in [0.15, 0.2) is 0 Å². The van der Waals surface area contributed by atoms with E-state index < -0.39 is 0 Å². The maximum Gasteiger partial charge on any atom is 0.110 e. The zero-order chi connectivity index (χ0) is 6.57. The molecular weight excluding hydrogens is 168 g/mol. The Bertz CT molecular complexity index is 54.5. The molecule has 0 radical (unpaired) electrons. The zero-order valence-electron chi connectivity index (χ0n) is 5.65. The summed E-state index contributed by atoms with van der Waals surface area (Å²) in [6, 6.07) is 0. The lowest BCUT2D eigenvalue weighted by molar-refractivity contribution is 0.0578. The molecule has 0 saturated heterocycles. The van der Waals surface area contributed by atoms with Gasteiger partial charge in [0.2, 0.25) is 0 Å². The van der Waals surface area contributed by atoms with E-state index in [9.17, 15) is 0 Å². The second-order valence-electron chi connectivity index (χ2n) is 1.90. The maximum atomic E-state index is 5.32. The molecule has 2 heteroatoms. The first-order valence-corrected chi connectivity index (χ1v) is 3.88. The number of hydrogen-bond donors (Lipinski definition) is 0. The third-order valence-electron chi connectivity index (χ3n) is 0.995. The van der Waals surface area contributed by atoms with Crippen molar-refractivity contribution in [3.8, 4) is 0 Å². The highest BCUT2D eigenvalue weighted by Crippen LogP contribution is 2.05. The zero-order valence-corrected chi connectivity index (χ0v) is 7.23. The van der Waals surface area contributed by atoms with E-state index in [0.717, 1.165) is 6.42 Å². The van der Waals surface area contributed by atoms with Crippen LogP contribution in [0.3, 0.4) is 0 Å². The van der Waals surface area contributed by atoms with Crippen LogP contribution >= 0.6 is 15.9 Å². The predicted octanol–water partition coefficient (Wildman–Crippen LogP) is 2.54. The number of ether oxygens (including phenoxy) is 1. The van der Waals surface area contributed by atoms with Gasteiger partial charge in [0, 0.05) is 0 Å². The first-order valence-electron chi connectivity index (χ1n) is 2.96. The Hall–Kier alpha value is 0.440.